The molecule has 2 fully saturated rings. The van der Waals surface area contributed by atoms with Crippen LogP contribution in [0.2, 0.25) is 0 Å². The van der Waals surface area contributed by atoms with Crippen molar-refractivity contribution in [1.82, 2.24) is 0 Å². The lowest BCUT2D eigenvalue weighted by Gasteiger charge is -2.32. The fourth-order valence-electron chi connectivity index (χ4n) is 6.31. The highest BCUT2D eigenvalue weighted by atomic mass is 19.1. The van der Waals surface area contributed by atoms with Crippen molar-refractivity contribution in [2.45, 2.75) is 96.3 Å². The molecule has 32 heavy (non-hydrogen) atoms. The Bertz CT molecular complexity index is 774. The molecule has 0 unspecified atom stereocenters. The Balaban J connectivity index is 1.18. The van der Waals surface area contributed by atoms with Crippen LogP contribution in [-0.2, 0) is 6.42 Å². The Morgan fingerprint density at radius 2 is 1.09 bits per heavy atom. The van der Waals surface area contributed by atoms with Gasteiger partial charge < -0.3 is 0 Å². The summed E-state index contributed by atoms with van der Waals surface area (Å²) in [5.74, 6) is 3.48. The van der Waals surface area contributed by atoms with Gasteiger partial charge in [0.05, 0.1) is 6.67 Å². The van der Waals surface area contributed by atoms with Gasteiger partial charge in [-0.25, -0.2) is 0 Å². The molecule has 2 aliphatic carbocycles. The van der Waals surface area contributed by atoms with E-state index in [9.17, 15) is 4.39 Å². The Kier molecular flexibility index (Phi) is 8.83. The average molecular weight is 435 g/mol. The molecule has 2 aliphatic rings. The zero-order valence-electron chi connectivity index (χ0n) is 20.2. The van der Waals surface area contributed by atoms with Crippen LogP contribution in [0.25, 0.3) is 11.1 Å². The Morgan fingerprint density at radius 3 is 1.59 bits per heavy atom. The summed E-state index contributed by atoms with van der Waals surface area (Å²) in [6.07, 6.45) is 17.0. The van der Waals surface area contributed by atoms with Crippen molar-refractivity contribution >= 4 is 0 Å². The van der Waals surface area contributed by atoms with E-state index in [0.29, 0.717) is 0 Å². The maximum Gasteiger partial charge on any atom is 0.0894 e. The van der Waals surface area contributed by atoms with Crippen molar-refractivity contribution in [3.05, 3.63) is 59.7 Å². The molecule has 0 heterocycles. The smallest absolute Gasteiger partial charge is 0.0894 e. The molecule has 2 saturated carbocycles. The van der Waals surface area contributed by atoms with Crippen LogP contribution in [0.5, 0.6) is 0 Å². The third kappa shape index (κ3) is 6.46. The zero-order valence-corrected chi connectivity index (χ0v) is 20.2. The molecule has 0 aliphatic heterocycles. The van der Waals surface area contributed by atoms with E-state index in [0.717, 1.165) is 42.9 Å². The quantitative estimate of drug-likeness (QED) is 0.368. The van der Waals surface area contributed by atoms with Gasteiger partial charge in [0.15, 0.2) is 0 Å². The molecule has 1 heteroatoms. The summed E-state index contributed by atoms with van der Waals surface area (Å²) in [6.45, 7) is 2.08. The number of rotatable bonds is 9. The number of aryl methyl sites for hydroxylation is 1. The van der Waals surface area contributed by atoms with Crippen LogP contribution in [-0.4, -0.2) is 6.67 Å². The van der Waals surface area contributed by atoms with Crippen molar-refractivity contribution in [3.63, 3.8) is 0 Å². The van der Waals surface area contributed by atoms with E-state index in [1.54, 1.807) is 5.56 Å². The van der Waals surface area contributed by atoms with Crippen molar-refractivity contribution in [1.29, 1.82) is 0 Å². The monoisotopic (exact) mass is 434 g/mol. The van der Waals surface area contributed by atoms with Crippen LogP contribution in [0.1, 0.15) is 101 Å². The van der Waals surface area contributed by atoms with Gasteiger partial charge in [-0.05, 0) is 90.9 Å². The van der Waals surface area contributed by atoms with E-state index < -0.39 is 0 Å². The standard InChI is InChI=1S/C31H43F/c1-2-24-11-15-28(16-12-24)30-19-21-31(22-20-30)29-17-13-27(14-18-29)10-9-26-7-5-25(6-8-26)4-3-23-32/h11-12,15-16,19-22,25-27,29H,2-10,13-14,17-18,23H2,1H3. The van der Waals surface area contributed by atoms with Gasteiger partial charge in [0.2, 0.25) is 0 Å². The lowest BCUT2D eigenvalue weighted by atomic mass is 9.74. The van der Waals surface area contributed by atoms with E-state index in [1.165, 1.54) is 80.9 Å². The predicted molar refractivity (Wildman–Crippen MR) is 136 cm³/mol. The van der Waals surface area contributed by atoms with Crippen molar-refractivity contribution in [3.8, 4) is 11.1 Å². The van der Waals surface area contributed by atoms with E-state index in [4.69, 9.17) is 0 Å². The molecule has 0 amide bonds. The largest absolute Gasteiger partial charge is 0.251 e. The van der Waals surface area contributed by atoms with Crippen molar-refractivity contribution < 1.29 is 4.39 Å². The molecule has 0 atom stereocenters. The minimum atomic E-state index is -0.125. The van der Waals surface area contributed by atoms with E-state index in [2.05, 4.69) is 55.5 Å². The maximum absolute atomic E-state index is 12.4. The minimum absolute atomic E-state index is 0.125. The Labute approximate surface area is 196 Å². The summed E-state index contributed by atoms with van der Waals surface area (Å²) in [4.78, 5) is 0. The normalized spacial score (nSPS) is 26.2. The highest BCUT2D eigenvalue weighted by molar-refractivity contribution is 5.64. The van der Waals surface area contributed by atoms with Crippen molar-refractivity contribution in [2.24, 2.45) is 17.8 Å². The second-order valence-electron chi connectivity index (χ2n) is 10.7. The van der Waals surface area contributed by atoms with Gasteiger partial charge in [0.25, 0.3) is 0 Å². The second kappa shape index (κ2) is 12.0. The van der Waals surface area contributed by atoms with Gasteiger partial charge in [0, 0.05) is 0 Å². The van der Waals surface area contributed by atoms with Crippen LogP contribution in [0.15, 0.2) is 48.5 Å². The van der Waals surface area contributed by atoms with Crippen LogP contribution in [0.3, 0.4) is 0 Å². The van der Waals surface area contributed by atoms with Crippen LogP contribution in [0, 0.1) is 17.8 Å². The summed E-state index contributed by atoms with van der Waals surface area (Å²) in [6, 6.07) is 18.4. The molecule has 174 valence electrons. The lowest BCUT2D eigenvalue weighted by Crippen LogP contribution is -2.18. The summed E-state index contributed by atoms with van der Waals surface area (Å²) >= 11 is 0. The molecule has 0 aromatic heterocycles. The first-order valence-corrected chi connectivity index (χ1v) is 13.5. The van der Waals surface area contributed by atoms with Gasteiger partial charge in [0.1, 0.15) is 0 Å². The highest BCUT2D eigenvalue weighted by Crippen LogP contribution is 2.40. The first-order valence-electron chi connectivity index (χ1n) is 13.5. The number of alkyl halides is 1. The average Bonchev–Trinajstić information content (AvgIpc) is 2.87. The predicted octanol–water partition coefficient (Wildman–Crippen LogP) is 9.53. The fraction of sp³-hybridized carbons (Fsp3) is 0.613. The maximum atomic E-state index is 12.4. The summed E-state index contributed by atoms with van der Waals surface area (Å²) in [7, 11) is 0. The summed E-state index contributed by atoms with van der Waals surface area (Å²) < 4.78 is 12.4. The molecular weight excluding hydrogens is 391 g/mol. The van der Waals surface area contributed by atoms with Gasteiger partial charge >= 0.3 is 0 Å². The molecule has 0 saturated heterocycles. The number of benzene rings is 2. The van der Waals surface area contributed by atoms with Gasteiger partial charge in [-0.15, -0.1) is 0 Å². The zero-order chi connectivity index (χ0) is 22.2. The molecule has 0 bridgehead atoms. The molecule has 0 nitrogen and oxygen atoms in total. The third-order valence-electron chi connectivity index (χ3n) is 8.62. The lowest BCUT2D eigenvalue weighted by molar-refractivity contribution is 0.220. The molecule has 0 spiro atoms. The molecule has 0 radical (unpaired) electrons. The molecule has 2 aromatic rings. The topological polar surface area (TPSA) is 0 Å². The summed E-state index contributed by atoms with van der Waals surface area (Å²) in [5, 5.41) is 0. The third-order valence-corrected chi connectivity index (χ3v) is 8.62. The molecule has 0 N–H and O–H groups in total. The Morgan fingerprint density at radius 1 is 0.625 bits per heavy atom. The summed E-state index contributed by atoms with van der Waals surface area (Å²) in [5.41, 5.74) is 5.62. The Hall–Kier alpha value is -1.63. The number of hydrogen-bond donors (Lipinski definition) is 0. The minimum Gasteiger partial charge on any atom is -0.251 e. The first-order chi connectivity index (χ1) is 15.7. The molecule has 4 rings (SSSR count). The highest BCUT2D eigenvalue weighted by Gasteiger charge is 2.25. The van der Waals surface area contributed by atoms with E-state index in [1.807, 2.05) is 0 Å². The van der Waals surface area contributed by atoms with Gasteiger partial charge in [-0.3, -0.25) is 4.39 Å². The molecular formula is C31H43F. The van der Waals surface area contributed by atoms with Gasteiger partial charge in [-0.1, -0.05) is 94.0 Å². The van der Waals surface area contributed by atoms with Gasteiger partial charge in [-0.2, -0.15) is 0 Å². The first kappa shape index (κ1) is 23.5. The van der Waals surface area contributed by atoms with E-state index >= 15 is 0 Å². The van der Waals surface area contributed by atoms with E-state index in [-0.39, 0.29) is 6.67 Å². The number of halogens is 1. The van der Waals surface area contributed by atoms with Crippen LogP contribution in [0.4, 0.5) is 4.39 Å². The van der Waals surface area contributed by atoms with Crippen LogP contribution < -0.4 is 0 Å². The van der Waals surface area contributed by atoms with Crippen molar-refractivity contribution in [2.75, 3.05) is 6.67 Å². The SMILES string of the molecule is CCc1ccc(-c2ccc(C3CCC(CCC4CCC(CCCF)CC4)CC3)cc2)cc1. The second-order valence-corrected chi connectivity index (χ2v) is 10.7. The number of hydrogen-bond acceptors (Lipinski definition) is 0. The van der Waals surface area contributed by atoms with Crippen LogP contribution >= 0.6 is 0 Å². The fourth-order valence-corrected chi connectivity index (χ4v) is 6.31. The molecule has 2 aromatic carbocycles.